The summed E-state index contributed by atoms with van der Waals surface area (Å²) in [6.45, 7) is 3.20. The smallest absolute Gasteiger partial charge is 0.142 e. The van der Waals surface area contributed by atoms with Gasteiger partial charge in [-0.15, -0.1) is 11.3 Å². The molecule has 0 amide bonds. The van der Waals surface area contributed by atoms with E-state index >= 15 is 0 Å². The minimum atomic E-state index is 0.546. The lowest BCUT2D eigenvalue weighted by Gasteiger charge is -2.08. The highest BCUT2D eigenvalue weighted by atomic mass is 32.1. The molecule has 0 radical (unpaired) electrons. The lowest BCUT2D eigenvalue weighted by Crippen LogP contribution is -2.04. The van der Waals surface area contributed by atoms with Crippen LogP contribution in [0.25, 0.3) is 10.2 Å². The molecular formula is C16H17N3O2S. The number of methoxy groups -OCH3 is 1. The number of rotatable bonds is 6. The van der Waals surface area contributed by atoms with E-state index in [1.54, 1.807) is 24.8 Å². The molecular weight excluding hydrogens is 298 g/mol. The minimum Gasteiger partial charge on any atom is -0.491 e. The van der Waals surface area contributed by atoms with E-state index in [9.17, 15) is 0 Å². The van der Waals surface area contributed by atoms with Crippen molar-refractivity contribution in [3.8, 4) is 5.75 Å². The van der Waals surface area contributed by atoms with Gasteiger partial charge in [0, 0.05) is 17.7 Å². The maximum atomic E-state index is 5.55. The van der Waals surface area contributed by atoms with E-state index in [0.717, 1.165) is 27.5 Å². The molecule has 1 N–H and O–H groups in total. The SMILES string of the molecule is COCCOc1ccc(Nc2ncnc3sc(C)cc23)cc1. The number of ether oxygens (including phenoxy) is 2. The molecule has 0 fully saturated rings. The molecule has 5 nitrogen and oxygen atoms in total. The second kappa shape index (κ2) is 6.72. The molecule has 0 spiro atoms. The average Bonchev–Trinajstić information content (AvgIpc) is 2.91. The van der Waals surface area contributed by atoms with Crippen molar-refractivity contribution in [3.63, 3.8) is 0 Å². The highest BCUT2D eigenvalue weighted by Crippen LogP contribution is 2.29. The van der Waals surface area contributed by atoms with Gasteiger partial charge in [0.15, 0.2) is 0 Å². The number of hydrogen-bond acceptors (Lipinski definition) is 6. The van der Waals surface area contributed by atoms with Crippen LogP contribution in [-0.2, 0) is 4.74 Å². The van der Waals surface area contributed by atoms with Gasteiger partial charge in [-0.2, -0.15) is 0 Å². The summed E-state index contributed by atoms with van der Waals surface area (Å²) in [7, 11) is 1.66. The maximum absolute atomic E-state index is 5.55. The lowest BCUT2D eigenvalue weighted by molar-refractivity contribution is 0.146. The number of aryl methyl sites for hydroxylation is 1. The lowest BCUT2D eigenvalue weighted by atomic mass is 10.3. The van der Waals surface area contributed by atoms with Gasteiger partial charge in [0.25, 0.3) is 0 Å². The molecule has 0 saturated heterocycles. The van der Waals surface area contributed by atoms with Crippen molar-refractivity contribution in [3.05, 3.63) is 41.5 Å². The van der Waals surface area contributed by atoms with Crippen molar-refractivity contribution in [2.45, 2.75) is 6.92 Å². The molecule has 0 saturated carbocycles. The van der Waals surface area contributed by atoms with Crippen molar-refractivity contribution in [1.29, 1.82) is 0 Å². The van der Waals surface area contributed by atoms with Gasteiger partial charge in [-0.05, 0) is 37.3 Å². The third-order valence-corrected chi connectivity index (χ3v) is 4.08. The zero-order valence-electron chi connectivity index (χ0n) is 12.5. The molecule has 1 aromatic carbocycles. The van der Waals surface area contributed by atoms with Crippen LogP contribution in [0, 0.1) is 6.92 Å². The van der Waals surface area contributed by atoms with Gasteiger partial charge in [-0.25, -0.2) is 9.97 Å². The Morgan fingerprint density at radius 2 is 1.95 bits per heavy atom. The van der Waals surface area contributed by atoms with E-state index in [1.165, 1.54) is 4.88 Å². The Kier molecular flexibility index (Phi) is 4.50. The zero-order valence-corrected chi connectivity index (χ0v) is 13.3. The summed E-state index contributed by atoms with van der Waals surface area (Å²) in [4.78, 5) is 10.8. The number of aromatic nitrogens is 2. The standard InChI is InChI=1S/C16H17N3O2S/c1-11-9-14-15(17-10-18-16(14)22-11)19-12-3-5-13(6-4-12)21-8-7-20-2/h3-6,9-10H,7-8H2,1-2H3,(H,17,18,19). The van der Waals surface area contributed by atoms with Gasteiger partial charge in [0.1, 0.15) is 29.3 Å². The van der Waals surface area contributed by atoms with Gasteiger partial charge in [-0.3, -0.25) is 0 Å². The van der Waals surface area contributed by atoms with Crippen LogP contribution in [0.15, 0.2) is 36.7 Å². The van der Waals surface area contributed by atoms with Crippen LogP contribution >= 0.6 is 11.3 Å². The predicted molar refractivity (Wildman–Crippen MR) is 89.2 cm³/mol. The first-order valence-electron chi connectivity index (χ1n) is 6.96. The van der Waals surface area contributed by atoms with Crippen LogP contribution in [0.1, 0.15) is 4.88 Å². The van der Waals surface area contributed by atoms with Crippen LogP contribution in [-0.4, -0.2) is 30.3 Å². The number of anilines is 2. The predicted octanol–water partition coefficient (Wildman–Crippen LogP) is 3.77. The fourth-order valence-electron chi connectivity index (χ4n) is 2.09. The van der Waals surface area contributed by atoms with E-state index in [1.807, 2.05) is 24.3 Å². The van der Waals surface area contributed by atoms with Crippen LogP contribution in [0.3, 0.4) is 0 Å². The Morgan fingerprint density at radius 1 is 1.14 bits per heavy atom. The number of nitrogens with one attached hydrogen (secondary N) is 1. The highest BCUT2D eigenvalue weighted by molar-refractivity contribution is 7.18. The van der Waals surface area contributed by atoms with Crippen LogP contribution in [0.2, 0.25) is 0 Å². The van der Waals surface area contributed by atoms with Gasteiger partial charge in [0.2, 0.25) is 0 Å². The summed E-state index contributed by atoms with van der Waals surface area (Å²) in [6, 6.07) is 9.89. The van der Waals surface area contributed by atoms with E-state index in [2.05, 4.69) is 28.3 Å². The first-order chi connectivity index (χ1) is 10.8. The second-order valence-corrected chi connectivity index (χ2v) is 6.02. The van der Waals surface area contributed by atoms with Gasteiger partial charge in [-0.1, -0.05) is 0 Å². The van der Waals surface area contributed by atoms with Crippen LogP contribution in [0.4, 0.5) is 11.5 Å². The molecule has 0 aliphatic carbocycles. The Hall–Kier alpha value is -2.18. The second-order valence-electron chi connectivity index (χ2n) is 4.79. The van der Waals surface area contributed by atoms with Crippen molar-refractivity contribution in [2.24, 2.45) is 0 Å². The van der Waals surface area contributed by atoms with E-state index in [0.29, 0.717) is 13.2 Å². The molecule has 0 bridgehead atoms. The first kappa shape index (κ1) is 14.7. The largest absolute Gasteiger partial charge is 0.491 e. The fraction of sp³-hybridized carbons (Fsp3) is 0.250. The third-order valence-electron chi connectivity index (χ3n) is 3.13. The molecule has 2 aromatic heterocycles. The molecule has 0 aliphatic rings. The normalized spacial score (nSPS) is 10.8. The minimum absolute atomic E-state index is 0.546. The molecule has 2 heterocycles. The number of benzene rings is 1. The highest BCUT2D eigenvalue weighted by Gasteiger charge is 2.07. The number of hydrogen-bond donors (Lipinski definition) is 1. The van der Waals surface area contributed by atoms with Crippen molar-refractivity contribution in [2.75, 3.05) is 25.6 Å². The van der Waals surface area contributed by atoms with E-state index < -0.39 is 0 Å². The van der Waals surface area contributed by atoms with Gasteiger partial charge < -0.3 is 14.8 Å². The average molecular weight is 315 g/mol. The Labute approximate surface area is 132 Å². The summed E-state index contributed by atoms with van der Waals surface area (Å²) >= 11 is 1.67. The molecule has 3 rings (SSSR count). The number of nitrogens with zero attached hydrogens (tertiary/aromatic N) is 2. The molecule has 22 heavy (non-hydrogen) atoms. The van der Waals surface area contributed by atoms with Crippen LogP contribution < -0.4 is 10.1 Å². The van der Waals surface area contributed by atoms with Crippen LogP contribution in [0.5, 0.6) is 5.75 Å². The summed E-state index contributed by atoms with van der Waals surface area (Å²) in [5, 5.41) is 4.38. The Bertz CT molecular complexity index is 756. The van der Waals surface area contributed by atoms with Crippen molar-refractivity contribution < 1.29 is 9.47 Å². The molecule has 0 atom stereocenters. The Morgan fingerprint density at radius 3 is 2.73 bits per heavy atom. The van der Waals surface area contributed by atoms with Crippen molar-refractivity contribution in [1.82, 2.24) is 9.97 Å². The van der Waals surface area contributed by atoms with Crippen molar-refractivity contribution >= 4 is 33.1 Å². The topological polar surface area (TPSA) is 56.3 Å². The fourth-order valence-corrected chi connectivity index (χ4v) is 2.94. The zero-order chi connectivity index (χ0) is 15.4. The number of fused-ring (bicyclic) bond motifs is 1. The molecule has 0 unspecified atom stereocenters. The molecule has 6 heteroatoms. The number of thiophene rings is 1. The Balaban J connectivity index is 1.74. The summed E-state index contributed by atoms with van der Waals surface area (Å²) in [5.74, 6) is 1.64. The van der Waals surface area contributed by atoms with Gasteiger partial charge in [0.05, 0.1) is 12.0 Å². The first-order valence-corrected chi connectivity index (χ1v) is 7.78. The monoisotopic (exact) mass is 315 g/mol. The summed E-state index contributed by atoms with van der Waals surface area (Å²) in [5.41, 5.74) is 0.961. The van der Waals surface area contributed by atoms with E-state index in [4.69, 9.17) is 9.47 Å². The molecule has 0 aliphatic heterocycles. The maximum Gasteiger partial charge on any atom is 0.142 e. The van der Waals surface area contributed by atoms with Gasteiger partial charge >= 0.3 is 0 Å². The van der Waals surface area contributed by atoms with E-state index in [-0.39, 0.29) is 0 Å². The quantitative estimate of drug-likeness (QED) is 0.702. The summed E-state index contributed by atoms with van der Waals surface area (Å²) in [6.07, 6.45) is 1.59. The third kappa shape index (κ3) is 3.35. The summed E-state index contributed by atoms with van der Waals surface area (Å²) < 4.78 is 10.5. The molecule has 3 aromatic rings. The molecule has 114 valence electrons.